The highest BCUT2D eigenvalue weighted by atomic mass is 16.5. The Kier molecular flexibility index (Phi) is 3.57. The lowest BCUT2D eigenvalue weighted by atomic mass is 10.1. The summed E-state index contributed by atoms with van der Waals surface area (Å²) in [6, 6.07) is 10.7. The average molecular weight is 242 g/mol. The molecule has 0 aliphatic carbocycles. The third-order valence-electron chi connectivity index (χ3n) is 2.68. The van der Waals surface area contributed by atoms with E-state index in [4.69, 9.17) is 0 Å². The first-order valence-electron chi connectivity index (χ1n) is 5.78. The first-order valence-corrected chi connectivity index (χ1v) is 5.78. The molecule has 0 spiro atoms. The smallest absolute Gasteiger partial charge is 0.256 e. The van der Waals surface area contributed by atoms with E-state index in [0.717, 1.165) is 12.1 Å². The number of rotatable bonds is 3. The van der Waals surface area contributed by atoms with Crippen molar-refractivity contribution in [1.29, 1.82) is 0 Å². The van der Waals surface area contributed by atoms with E-state index in [0.29, 0.717) is 10.3 Å². The number of hydrogen-bond donors (Lipinski definition) is 1. The molecule has 0 bridgehead atoms. The zero-order valence-corrected chi connectivity index (χ0v) is 10.1. The quantitative estimate of drug-likeness (QED) is 0.662. The Labute approximate surface area is 105 Å². The van der Waals surface area contributed by atoms with Crippen molar-refractivity contribution < 1.29 is 9.52 Å². The monoisotopic (exact) mass is 242 g/mol. The van der Waals surface area contributed by atoms with Crippen LogP contribution < -0.4 is 10.0 Å². The molecule has 4 nitrogen and oxygen atoms in total. The van der Waals surface area contributed by atoms with E-state index in [1.807, 2.05) is 24.3 Å². The number of benzene rings is 1. The molecule has 2 rings (SSSR count). The van der Waals surface area contributed by atoms with Gasteiger partial charge in [-0.1, -0.05) is 19.1 Å². The Bertz CT molecular complexity index is 533. The minimum Gasteiger partial charge on any atom is -0.619 e. The van der Waals surface area contributed by atoms with Gasteiger partial charge in [0.05, 0.1) is 5.56 Å². The zero-order chi connectivity index (χ0) is 13.0. The van der Waals surface area contributed by atoms with Crippen molar-refractivity contribution in [3.8, 4) is 0 Å². The van der Waals surface area contributed by atoms with Crippen molar-refractivity contribution in [2.45, 2.75) is 13.3 Å². The SMILES string of the molecule is CCc1ccc(NC(=O)c2cc[n+]([O-])cc2)cc1. The molecule has 1 heterocycles. The van der Waals surface area contributed by atoms with Crippen LogP contribution in [0.15, 0.2) is 48.8 Å². The summed E-state index contributed by atoms with van der Waals surface area (Å²) in [7, 11) is 0. The van der Waals surface area contributed by atoms with E-state index >= 15 is 0 Å². The molecular formula is C14H14N2O2. The van der Waals surface area contributed by atoms with Crippen LogP contribution in [-0.4, -0.2) is 5.91 Å². The molecule has 0 saturated carbocycles. The normalized spacial score (nSPS) is 10.1. The fourth-order valence-corrected chi connectivity index (χ4v) is 1.59. The molecule has 92 valence electrons. The van der Waals surface area contributed by atoms with Gasteiger partial charge >= 0.3 is 0 Å². The molecule has 18 heavy (non-hydrogen) atoms. The molecular weight excluding hydrogens is 228 g/mol. The van der Waals surface area contributed by atoms with E-state index in [1.165, 1.54) is 30.1 Å². The first-order chi connectivity index (χ1) is 8.69. The van der Waals surface area contributed by atoms with Crippen molar-refractivity contribution >= 4 is 11.6 Å². The summed E-state index contributed by atoms with van der Waals surface area (Å²) >= 11 is 0. The van der Waals surface area contributed by atoms with E-state index < -0.39 is 0 Å². The third kappa shape index (κ3) is 2.85. The lowest BCUT2D eigenvalue weighted by Crippen LogP contribution is -2.25. The van der Waals surface area contributed by atoms with Gasteiger partial charge in [0, 0.05) is 17.8 Å². The summed E-state index contributed by atoms with van der Waals surface area (Å²) < 4.78 is 0.646. The minimum atomic E-state index is -0.222. The van der Waals surface area contributed by atoms with Crippen molar-refractivity contribution in [2.75, 3.05) is 5.32 Å². The van der Waals surface area contributed by atoms with Gasteiger partial charge in [-0.2, -0.15) is 4.73 Å². The molecule has 0 atom stereocenters. The number of aryl methyl sites for hydroxylation is 1. The first kappa shape index (κ1) is 12.1. The summed E-state index contributed by atoms with van der Waals surface area (Å²) in [5.74, 6) is -0.222. The van der Waals surface area contributed by atoms with Crippen molar-refractivity contribution in [3.63, 3.8) is 0 Å². The van der Waals surface area contributed by atoms with E-state index in [1.54, 1.807) is 0 Å². The second kappa shape index (κ2) is 5.31. The van der Waals surface area contributed by atoms with Gasteiger partial charge in [0.15, 0.2) is 12.4 Å². The third-order valence-corrected chi connectivity index (χ3v) is 2.68. The van der Waals surface area contributed by atoms with Crippen molar-refractivity contribution in [1.82, 2.24) is 0 Å². The number of carbonyl (C=O) groups excluding carboxylic acids is 1. The molecule has 2 aromatic rings. The molecule has 1 amide bonds. The van der Waals surface area contributed by atoms with Gasteiger partial charge < -0.3 is 10.5 Å². The maximum Gasteiger partial charge on any atom is 0.256 e. The van der Waals surface area contributed by atoms with Crippen LogP contribution in [0.2, 0.25) is 0 Å². The topological polar surface area (TPSA) is 56.0 Å². The van der Waals surface area contributed by atoms with Gasteiger partial charge in [0.25, 0.3) is 5.91 Å². The summed E-state index contributed by atoms with van der Waals surface area (Å²) in [6.45, 7) is 2.08. The lowest BCUT2D eigenvalue weighted by Gasteiger charge is -2.05. The number of nitrogens with zero attached hydrogens (tertiary/aromatic N) is 1. The van der Waals surface area contributed by atoms with E-state index in [2.05, 4.69) is 12.2 Å². The Hall–Kier alpha value is -2.36. The molecule has 0 aliphatic rings. The summed E-state index contributed by atoms with van der Waals surface area (Å²) in [5.41, 5.74) is 2.43. The highest BCUT2D eigenvalue weighted by Gasteiger charge is 2.06. The van der Waals surface area contributed by atoms with Crippen molar-refractivity contribution in [2.24, 2.45) is 0 Å². The Morgan fingerprint density at radius 1 is 1.17 bits per heavy atom. The molecule has 0 radical (unpaired) electrons. The van der Waals surface area contributed by atoms with Gasteiger partial charge in [-0.05, 0) is 24.1 Å². The predicted molar refractivity (Wildman–Crippen MR) is 69.2 cm³/mol. The van der Waals surface area contributed by atoms with E-state index in [9.17, 15) is 10.0 Å². The van der Waals surface area contributed by atoms with Crippen LogP contribution in [0, 0.1) is 5.21 Å². The highest BCUT2D eigenvalue weighted by Crippen LogP contribution is 2.11. The van der Waals surface area contributed by atoms with Crippen LogP contribution in [0.3, 0.4) is 0 Å². The fourth-order valence-electron chi connectivity index (χ4n) is 1.59. The summed E-state index contributed by atoms with van der Waals surface area (Å²) in [5, 5.41) is 13.6. The highest BCUT2D eigenvalue weighted by molar-refractivity contribution is 6.04. The minimum absolute atomic E-state index is 0.222. The Morgan fingerprint density at radius 3 is 2.33 bits per heavy atom. The number of amides is 1. The average Bonchev–Trinajstić information content (AvgIpc) is 2.40. The molecule has 1 aromatic heterocycles. The summed E-state index contributed by atoms with van der Waals surface area (Å²) in [4.78, 5) is 11.9. The van der Waals surface area contributed by atoms with Crippen LogP contribution in [-0.2, 0) is 6.42 Å². The number of nitrogens with one attached hydrogen (secondary N) is 1. The standard InChI is InChI=1S/C14H14N2O2/c1-2-11-3-5-13(6-4-11)15-14(17)12-7-9-16(18)10-8-12/h3-10H,2H2,1H3,(H,15,17). The molecule has 0 fully saturated rings. The fraction of sp³-hybridized carbons (Fsp3) is 0.143. The predicted octanol–water partition coefficient (Wildman–Crippen LogP) is 2.13. The van der Waals surface area contributed by atoms with Gasteiger partial charge in [-0.25, -0.2) is 0 Å². The number of anilines is 1. The zero-order valence-electron chi connectivity index (χ0n) is 10.1. The van der Waals surface area contributed by atoms with Crippen LogP contribution in [0.4, 0.5) is 5.69 Å². The Morgan fingerprint density at radius 2 is 1.78 bits per heavy atom. The van der Waals surface area contributed by atoms with Crippen LogP contribution in [0.5, 0.6) is 0 Å². The molecule has 4 heteroatoms. The van der Waals surface area contributed by atoms with Gasteiger partial charge in [0.1, 0.15) is 0 Å². The lowest BCUT2D eigenvalue weighted by molar-refractivity contribution is -0.605. The molecule has 0 saturated heterocycles. The van der Waals surface area contributed by atoms with Crippen LogP contribution in [0.25, 0.3) is 0 Å². The van der Waals surface area contributed by atoms with Gasteiger partial charge in [-0.3, -0.25) is 4.79 Å². The number of aromatic nitrogens is 1. The number of carbonyl (C=O) groups is 1. The second-order valence-corrected chi connectivity index (χ2v) is 3.95. The maximum atomic E-state index is 11.9. The van der Waals surface area contributed by atoms with Crippen LogP contribution in [0.1, 0.15) is 22.8 Å². The van der Waals surface area contributed by atoms with Gasteiger partial charge in [-0.15, -0.1) is 0 Å². The number of pyridine rings is 1. The van der Waals surface area contributed by atoms with Crippen molar-refractivity contribution in [3.05, 3.63) is 65.1 Å². The molecule has 1 aromatic carbocycles. The maximum absolute atomic E-state index is 11.9. The second-order valence-electron chi connectivity index (χ2n) is 3.95. The Balaban J connectivity index is 2.08. The van der Waals surface area contributed by atoms with Crippen LogP contribution >= 0.6 is 0 Å². The largest absolute Gasteiger partial charge is 0.619 e. The number of hydrogen-bond acceptors (Lipinski definition) is 2. The molecule has 1 N–H and O–H groups in total. The molecule has 0 aliphatic heterocycles. The van der Waals surface area contributed by atoms with E-state index in [-0.39, 0.29) is 5.91 Å². The summed E-state index contributed by atoms with van der Waals surface area (Å²) in [6.07, 6.45) is 3.57. The molecule has 0 unspecified atom stereocenters. The van der Waals surface area contributed by atoms with Gasteiger partial charge in [0.2, 0.25) is 0 Å².